The van der Waals surface area contributed by atoms with Gasteiger partial charge in [-0.25, -0.2) is 14.3 Å². The quantitative estimate of drug-likeness (QED) is 0.306. The highest BCUT2D eigenvalue weighted by Gasteiger charge is 2.40. The standard InChI is InChI=1S/C30H23N5O2/c31-18-22-9-4-5-10-24(22)26-19-32-27-17-25(20-7-2-1-3-8-20)28(34-35(26)27)21-11-13-23(14-12-21)30(15-6-16-30)33-29(36)37/h1-5,7-14,17,19,33H,6,15-16H2,(H,36,37). The Balaban J connectivity index is 1.52. The van der Waals surface area contributed by atoms with Crippen LogP contribution in [0, 0.1) is 11.3 Å². The Kier molecular flexibility index (Phi) is 5.42. The molecule has 3 aromatic carbocycles. The van der Waals surface area contributed by atoms with Crippen LogP contribution < -0.4 is 5.32 Å². The molecule has 7 nitrogen and oxygen atoms in total. The van der Waals surface area contributed by atoms with E-state index in [1.807, 2.05) is 78.9 Å². The van der Waals surface area contributed by atoms with Gasteiger partial charge in [-0.15, -0.1) is 0 Å². The first-order valence-corrected chi connectivity index (χ1v) is 12.1. The molecule has 7 heteroatoms. The Hall–Kier alpha value is -4.96. The molecule has 1 fully saturated rings. The molecule has 2 heterocycles. The Morgan fingerprint density at radius 3 is 2.35 bits per heavy atom. The number of rotatable bonds is 5. The highest BCUT2D eigenvalue weighted by atomic mass is 16.4. The van der Waals surface area contributed by atoms with Crippen molar-refractivity contribution >= 4 is 11.7 Å². The van der Waals surface area contributed by atoms with Crippen molar-refractivity contribution in [2.75, 3.05) is 0 Å². The lowest BCUT2D eigenvalue weighted by Gasteiger charge is -2.42. The number of amides is 1. The second kappa shape index (κ2) is 8.92. The van der Waals surface area contributed by atoms with E-state index in [4.69, 9.17) is 5.10 Å². The van der Waals surface area contributed by atoms with E-state index in [2.05, 4.69) is 16.4 Å². The molecule has 0 radical (unpaired) electrons. The maximum atomic E-state index is 11.4. The third-order valence-electron chi connectivity index (χ3n) is 7.17. The molecular formula is C30H23N5O2. The van der Waals surface area contributed by atoms with Gasteiger partial charge in [-0.3, -0.25) is 0 Å². The second-order valence-corrected chi connectivity index (χ2v) is 9.29. The molecule has 0 aliphatic heterocycles. The lowest BCUT2D eigenvalue weighted by molar-refractivity contribution is 0.144. The summed E-state index contributed by atoms with van der Waals surface area (Å²) < 4.78 is 1.78. The molecule has 0 bridgehead atoms. The van der Waals surface area contributed by atoms with Crippen LogP contribution in [0.3, 0.4) is 0 Å². The van der Waals surface area contributed by atoms with Crippen molar-refractivity contribution in [3.63, 3.8) is 0 Å². The summed E-state index contributed by atoms with van der Waals surface area (Å²) in [5, 5.41) is 26.8. The van der Waals surface area contributed by atoms with Crippen LogP contribution in [-0.4, -0.2) is 25.8 Å². The molecule has 0 saturated heterocycles. The monoisotopic (exact) mass is 485 g/mol. The second-order valence-electron chi connectivity index (χ2n) is 9.29. The summed E-state index contributed by atoms with van der Waals surface area (Å²) in [4.78, 5) is 16.0. The van der Waals surface area contributed by atoms with E-state index in [0.717, 1.165) is 58.5 Å². The van der Waals surface area contributed by atoms with Crippen molar-refractivity contribution in [2.45, 2.75) is 24.8 Å². The zero-order valence-corrected chi connectivity index (χ0v) is 19.9. The largest absolute Gasteiger partial charge is 0.465 e. The van der Waals surface area contributed by atoms with E-state index in [1.165, 1.54) is 0 Å². The number of benzene rings is 3. The number of fused-ring (bicyclic) bond motifs is 1. The third-order valence-corrected chi connectivity index (χ3v) is 7.17. The van der Waals surface area contributed by atoms with E-state index in [0.29, 0.717) is 11.2 Å². The van der Waals surface area contributed by atoms with Gasteiger partial charge in [-0.1, -0.05) is 72.8 Å². The molecule has 0 unspecified atom stereocenters. The summed E-state index contributed by atoms with van der Waals surface area (Å²) in [6, 6.07) is 29.7. The van der Waals surface area contributed by atoms with E-state index >= 15 is 0 Å². The third kappa shape index (κ3) is 3.89. The molecule has 0 spiro atoms. The van der Waals surface area contributed by atoms with Crippen molar-refractivity contribution < 1.29 is 9.90 Å². The molecule has 6 rings (SSSR count). The lowest BCUT2D eigenvalue weighted by Crippen LogP contribution is -2.50. The van der Waals surface area contributed by atoms with Gasteiger partial charge in [0.05, 0.1) is 34.8 Å². The zero-order valence-electron chi connectivity index (χ0n) is 19.9. The van der Waals surface area contributed by atoms with Crippen molar-refractivity contribution in [2.24, 2.45) is 0 Å². The van der Waals surface area contributed by atoms with Gasteiger partial charge in [0.25, 0.3) is 0 Å². The Morgan fingerprint density at radius 1 is 0.946 bits per heavy atom. The van der Waals surface area contributed by atoms with Crippen molar-refractivity contribution in [1.29, 1.82) is 5.26 Å². The predicted octanol–water partition coefficient (Wildman–Crippen LogP) is 6.25. The van der Waals surface area contributed by atoms with Gasteiger partial charge in [0.1, 0.15) is 0 Å². The molecule has 37 heavy (non-hydrogen) atoms. The molecular weight excluding hydrogens is 462 g/mol. The summed E-state index contributed by atoms with van der Waals surface area (Å²) in [6.07, 6.45) is 3.31. The fourth-order valence-electron chi connectivity index (χ4n) is 5.12. The van der Waals surface area contributed by atoms with Crippen LogP contribution in [0.25, 0.3) is 39.3 Å². The number of nitrogens with zero attached hydrogens (tertiary/aromatic N) is 4. The Bertz CT molecular complexity index is 1660. The fourth-order valence-corrected chi connectivity index (χ4v) is 5.12. The maximum absolute atomic E-state index is 11.4. The number of nitriles is 1. The van der Waals surface area contributed by atoms with Crippen LogP contribution in [0.5, 0.6) is 0 Å². The highest BCUT2D eigenvalue weighted by molar-refractivity contribution is 5.83. The minimum atomic E-state index is -1.01. The van der Waals surface area contributed by atoms with Gasteiger partial charge >= 0.3 is 6.09 Å². The number of carboxylic acid groups (broad SMARTS) is 1. The number of hydrogen-bond acceptors (Lipinski definition) is 4. The number of nitrogens with one attached hydrogen (secondary N) is 1. The first-order chi connectivity index (χ1) is 18.1. The molecule has 2 N–H and O–H groups in total. The van der Waals surface area contributed by atoms with E-state index in [1.54, 1.807) is 16.8 Å². The number of imidazole rings is 1. The van der Waals surface area contributed by atoms with E-state index in [9.17, 15) is 15.2 Å². The zero-order chi connectivity index (χ0) is 25.4. The summed E-state index contributed by atoms with van der Waals surface area (Å²) in [6.45, 7) is 0. The summed E-state index contributed by atoms with van der Waals surface area (Å²) in [5.41, 5.74) is 6.81. The molecule has 1 aliphatic rings. The van der Waals surface area contributed by atoms with Gasteiger partial charge in [0.15, 0.2) is 5.65 Å². The number of aromatic nitrogens is 3. The van der Waals surface area contributed by atoms with Gasteiger partial charge in [-0.05, 0) is 42.5 Å². The Morgan fingerprint density at radius 2 is 1.68 bits per heavy atom. The van der Waals surface area contributed by atoms with Crippen LogP contribution in [0.2, 0.25) is 0 Å². The molecule has 1 saturated carbocycles. The highest BCUT2D eigenvalue weighted by Crippen LogP contribution is 2.42. The molecule has 5 aromatic rings. The van der Waals surface area contributed by atoms with Gasteiger partial charge < -0.3 is 10.4 Å². The summed E-state index contributed by atoms with van der Waals surface area (Å²) >= 11 is 0. The average Bonchev–Trinajstić information content (AvgIpc) is 3.33. The van der Waals surface area contributed by atoms with Gasteiger partial charge in [0, 0.05) is 16.7 Å². The lowest BCUT2D eigenvalue weighted by atomic mass is 9.71. The molecule has 1 amide bonds. The SMILES string of the molecule is N#Cc1ccccc1-c1cnc2cc(-c3ccccc3)c(-c3ccc(C4(NC(=O)O)CCC4)cc3)nn12. The molecule has 1 aliphatic carbocycles. The smallest absolute Gasteiger partial charge is 0.405 e. The van der Waals surface area contributed by atoms with Gasteiger partial charge in [-0.2, -0.15) is 10.4 Å². The number of hydrogen-bond donors (Lipinski definition) is 2. The Labute approximate surface area is 213 Å². The van der Waals surface area contributed by atoms with Crippen LogP contribution >= 0.6 is 0 Å². The minimum absolute atomic E-state index is 0.525. The molecule has 180 valence electrons. The first kappa shape index (κ1) is 22.5. The summed E-state index contributed by atoms with van der Waals surface area (Å²) in [7, 11) is 0. The topological polar surface area (TPSA) is 103 Å². The maximum Gasteiger partial charge on any atom is 0.405 e. The van der Waals surface area contributed by atoms with Crippen LogP contribution in [0.15, 0.2) is 91.1 Å². The fraction of sp³-hybridized carbons (Fsp3) is 0.133. The van der Waals surface area contributed by atoms with Crippen LogP contribution in [0.1, 0.15) is 30.4 Å². The molecule has 2 aromatic heterocycles. The van der Waals surface area contributed by atoms with E-state index in [-0.39, 0.29) is 0 Å². The normalized spacial score (nSPS) is 14.0. The van der Waals surface area contributed by atoms with Crippen molar-refractivity contribution in [1.82, 2.24) is 19.9 Å². The van der Waals surface area contributed by atoms with Crippen molar-refractivity contribution in [3.05, 3.63) is 102 Å². The molecule has 0 atom stereocenters. The van der Waals surface area contributed by atoms with E-state index < -0.39 is 11.6 Å². The predicted molar refractivity (Wildman–Crippen MR) is 141 cm³/mol. The van der Waals surface area contributed by atoms with Gasteiger partial charge in [0.2, 0.25) is 0 Å². The van der Waals surface area contributed by atoms with Crippen LogP contribution in [0.4, 0.5) is 4.79 Å². The summed E-state index contributed by atoms with van der Waals surface area (Å²) in [5.74, 6) is 0. The van der Waals surface area contributed by atoms with Crippen molar-refractivity contribution in [3.8, 4) is 39.7 Å². The minimum Gasteiger partial charge on any atom is -0.465 e. The van der Waals surface area contributed by atoms with Crippen LogP contribution in [-0.2, 0) is 5.54 Å². The average molecular weight is 486 g/mol. The first-order valence-electron chi connectivity index (χ1n) is 12.1. The number of carbonyl (C=O) groups is 1.